The Balaban J connectivity index is 1.40. The molecule has 2 aliphatic heterocycles. The van der Waals surface area contributed by atoms with Crippen molar-refractivity contribution in [2.75, 3.05) is 16.9 Å². The van der Waals surface area contributed by atoms with Crippen LogP contribution >= 0.6 is 0 Å². The van der Waals surface area contributed by atoms with E-state index in [2.05, 4.69) is 52.5 Å². The lowest BCUT2D eigenvalue weighted by Crippen LogP contribution is -2.61. The van der Waals surface area contributed by atoms with E-state index in [9.17, 15) is 14.0 Å². The van der Waals surface area contributed by atoms with Crippen molar-refractivity contribution in [1.29, 1.82) is 0 Å². The molecule has 3 unspecified atom stereocenters. The second-order valence-electron chi connectivity index (χ2n) is 8.71. The Labute approximate surface area is 196 Å². The number of aromatic nitrogens is 2. The molecule has 1 aromatic heterocycles. The van der Waals surface area contributed by atoms with E-state index in [0.717, 1.165) is 11.3 Å². The van der Waals surface area contributed by atoms with Gasteiger partial charge < -0.3 is 10.6 Å². The third-order valence-electron chi connectivity index (χ3n) is 6.30. The Kier molecular flexibility index (Phi) is 5.54. The van der Waals surface area contributed by atoms with E-state index < -0.39 is 18.0 Å². The van der Waals surface area contributed by atoms with Crippen molar-refractivity contribution in [1.82, 2.24) is 25.8 Å². The summed E-state index contributed by atoms with van der Waals surface area (Å²) in [4.78, 5) is 25.7. The zero-order valence-electron chi connectivity index (χ0n) is 19.1. The molecule has 10 heteroatoms. The Morgan fingerprint density at radius 3 is 2.59 bits per heavy atom. The SMILES string of the molecule is Cc1cc(NC(=O)c2ccc(F)cc2)n(C2NC(=O)C3CNN(c4ccc(C)c(C)c4)C3N2)n1. The van der Waals surface area contributed by atoms with Crippen molar-refractivity contribution in [2.45, 2.75) is 33.2 Å². The van der Waals surface area contributed by atoms with Gasteiger partial charge in [-0.25, -0.2) is 14.5 Å². The molecule has 3 heterocycles. The second-order valence-corrected chi connectivity index (χ2v) is 8.71. The van der Waals surface area contributed by atoms with Crippen molar-refractivity contribution in [3.63, 3.8) is 0 Å². The highest BCUT2D eigenvalue weighted by atomic mass is 19.1. The fraction of sp³-hybridized carbons (Fsp3) is 0.292. The molecule has 3 aromatic rings. The number of amides is 2. The molecule has 34 heavy (non-hydrogen) atoms. The summed E-state index contributed by atoms with van der Waals surface area (Å²) >= 11 is 0. The van der Waals surface area contributed by atoms with Crippen LogP contribution in [0.15, 0.2) is 48.5 Å². The van der Waals surface area contributed by atoms with Gasteiger partial charge in [0.2, 0.25) is 5.91 Å². The molecule has 4 N–H and O–H groups in total. The highest BCUT2D eigenvalue weighted by molar-refractivity contribution is 6.03. The number of carbonyl (C=O) groups is 2. The van der Waals surface area contributed by atoms with Crippen LogP contribution in [0.2, 0.25) is 0 Å². The number of hydrogen-bond acceptors (Lipinski definition) is 6. The minimum atomic E-state index is -0.681. The molecule has 3 atom stereocenters. The summed E-state index contributed by atoms with van der Waals surface area (Å²) in [5.41, 5.74) is 7.62. The Morgan fingerprint density at radius 1 is 1.09 bits per heavy atom. The molecule has 176 valence electrons. The van der Waals surface area contributed by atoms with Gasteiger partial charge in [0.15, 0.2) is 6.29 Å². The monoisotopic (exact) mass is 463 g/mol. The number of fused-ring (bicyclic) bond motifs is 1. The van der Waals surface area contributed by atoms with Crippen LogP contribution < -0.4 is 26.4 Å². The molecule has 0 aliphatic carbocycles. The standard InChI is InChI=1S/C24H26FN7O2/c1-13-4-9-18(10-14(13)2)31-21-19(12-26-31)23(34)29-24(28-21)32-20(11-15(3)30-32)27-22(33)16-5-7-17(25)8-6-16/h4-11,19,21,24,26,28H,12H2,1-3H3,(H,27,33)(H,29,34). The molecule has 2 fully saturated rings. The summed E-state index contributed by atoms with van der Waals surface area (Å²) in [5.74, 6) is -0.824. The van der Waals surface area contributed by atoms with Gasteiger partial charge in [-0.3, -0.25) is 19.9 Å². The summed E-state index contributed by atoms with van der Waals surface area (Å²) in [6.45, 7) is 6.41. The van der Waals surface area contributed by atoms with Gasteiger partial charge in [0.25, 0.3) is 5.91 Å². The molecule has 5 rings (SSSR count). The molecule has 0 spiro atoms. The van der Waals surface area contributed by atoms with E-state index in [1.54, 1.807) is 17.7 Å². The molecule has 0 radical (unpaired) electrons. The molecule has 2 amide bonds. The largest absolute Gasteiger partial charge is 0.321 e. The van der Waals surface area contributed by atoms with Gasteiger partial charge in [0, 0.05) is 18.2 Å². The quantitative estimate of drug-likeness (QED) is 0.474. The second kappa shape index (κ2) is 8.54. The first-order valence-electron chi connectivity index (χ1n) is 11.1. The van der Waals surface area contributed by atoms with E-state index >= 15 is 0 Å². The predicted molar refractivity (Wildman–Crippen MR) is 125 cm³/mol. The number of nitrogens with zero attached hydrogens (tertiary/aromatic N) is 3. The smallest absolute Gasteiger partial charge is 0.256 e. The zero-order valence-corrected chi connectivity index (χ0v) is 19.1. The van der Waals surface area contributed by atoms with Gasteiger partial charge in [0.05, 0.1) is 17.3 Å². The van der Waals surface area contributed by atoms with Gasteiger partial charge >= 0.3 is 0 Å². The molecule has 0 bridgehead atoms. The van der Waals surface area contributed by atoms with Crippen LogP contribution in [0, 0.1) is 32.5 Å². The number of rotatable bonds is 4. The predicted octanol–water partition coefficient (Wildman–Crippen LogP) is 2.34. The molecular formula is C24H26FN7O2. The van der Waals surface area contributed by atoms with Gasteiger partial charge in [-0.05, 0) is 68.3 Å². The van der Waals surface area contributed by atoms with Crippen molar-refractivity contribution < 1.29 is 14.0 Å². The topological polar surface area (TPSA) is 103 Å². The minimum absolute atomic E-state index is 0.114. The lowest BCUT2D eigenvalue weighted by atomic mass is 10.0. The Hall–Kier alpha value is -3.76. The van der Waals surface area contributed by atoms with E-state index in [1.165, 1.54) is 29.8 Å². The minimum Gasteiger partial charge on any atom is -0.321 e. The van der Waals surface area contributed by atoms with Crippen LogP contribution in [0.5, 0.6) is 0 Å². The average Bonchev–Trinajstić information content (AvgIpc) is 3.39. The average molecular weight is 464 g/mol. The fourth-order valence-electron chi connectivity index (χ4n) is 4.31. The fourth-order valence-corrected chi connectivity index (χ4v) is 4.31. The number of anilines is 2. The number of hydrogen-bond donors (Lipinski definition) is 4. The maximum Gasteiger partial charge on any atom is 0.256 e. The molecule has 2 aliphatic rings. The van der Waals surface area contributed by atoms with E-state index in [0.29, 0.717) is 23.6 Å². The molecule has 2 aromatic carbocycles. The van der Waals surface area contributed by atoms with E-state index in [1.807, 2.05) is 11.1 Å². The van der Waals surface area contributed by atoms with Crippen molar-refractivity contribution >= 4 is 23.3 Å². The number of benzene rings is 2. The van der Waals surface area contributed by atoms with Crippen LogP contribution in [0.4, 0.5) is 15.9 Å². The first kappa shape index (κ1) is 22.1. The zero-order chi connectivity index (χ0) is 24.0. The van der Waals surface area contributed by atoms with Crippen molar-refractivity contribution in [3.05, 3.63) is 76.7 Å². The lowest BCUT2D eigenvalue weighted by molar-refractivity contribution is -0.129. The van der Waals surface area contributed by atoms with Gasteiger partial charge in [-0.2, -0.15) is 5.10 Å². The third-order valence-corrected chi connectivity index (χ3v) is 6.30. The van der Waals surface area contributed by atoms with Gasteiger partial charge in [0.1, 0.15) is 17.8 Å². The normalized spacial score (nSPS) is 21.8. The molecular weight excluding hydrogens is 437 g/mol. The molecule has 2 saturated heterocycles. The number of hydrazine groups is 1. The van der Waals surface area contributed by atoms with Gasteiger partial charge in [-0.15, -0.1) is 0 Å². The van der Waals surface area contributed by atoms with Crippen LogP contribution in [0.1, 0.15) is 33.5 Å². The van der Waals surface area contributed by atoms with Crippen molar-refractivity contribution in [3.8, 4) is 0 Å². The first-order valence-corrected chi connectivity index (χ1v) is 11.1. The highest BCUT2D eigenvalue weighted by Crippen LogP contribution is 2.29. The first-order chi connectivity index (χ1) is 16.3. The molecule has 9 nitrogen and oxygen atoms in total. The number of halogens is 1. The summed E-state index contributed by atoms with van der Waals surface area (Å²) in [6.07, 6.45) is -0.995. The van der Waals surface area contributed by atoms with Crippen molar-refractivity contribution in [2.24, 2.45) is 5.92 Å². The Bertz CT molecular complexity index is 1260. The van der Waals surface area contributed by atoms with E-state index in [-0.39, 0.29) is 18.0 Å². The number of nitrogens with one attached hydrogen (secondary N) is 4. The highest BCUT2D eigenvalue weighted by Gasteiger charge is 2.45. The number of carbonyl (C=O) groups excluding carboxylic acids is 2. The van der Waals surface area contributed by atoms with Crippen LogP contribution in [0.3, 0.4) is 0 Å². The molecule has 0 saturated carbocycles. The van der Waals surface area contributed by atoms with Crippen LogP contribution in [-0.4, -0.2) is 34.3 Å². The maximum absolute atomic E-state index is 13.2. The van der Waals surface area contributed by atoms with Crippen LogP contribution in [0.25, 0.3) is 0 Å². The van der Waals surface area contributed by atoms with E-state index in [4.69, 9.17) is 0 Å². The number of aryl methyl sites for hydroxylation is 3. The maximum atomic E-state index is 13.2. The lowest BCUT2D eigenvalue weighted by Gasteiger charge is -2.37. The Morgan fingerprint density at radius 2 is 1.85 bits per heavy atom. The summed E-state index contributed by atoms with van der Waals surface area (Å²) in [6, 6.07) is 13.2. The summed E-state index contributed by atoms with van der Waals surface area (Å²) < 4.78 is 14.8. The summed E-state index contributed by atoms with van der Waals surface area (Å²) in [7, 11) is 0. The third kappa shape index (κ3) is 4.02. The summed E-state index contributed by atoms with van der Waals surface area (Å²) in [5, 5.41) is 15.7. The van der Waals surface area contributed by atoms with Gasteiger partial charge in [-0.1, -0.05) is 6.07 Å². The van der Waals surface area contributed by atoms with Crippen LogP contribution in [-0.2, 0) is 4.79 Å².